The highest BCUT2D eigenvalue weighted by Crippen LogP contribution is 2.29. The second kappa shape index (κ2) is 8.28. The smallest absolute Gasteiger partial charge is 0.272 e. The van der Waals surface area contributed by atoms with Crippen molar-refractivity contribution in [1.82, 2.24) is 19.7 Å². The first-order valence-electron chi connectivity index (χ1n) is 9.71. The Morgan fingerprint density at radius 2 is 2.00 bits per heavy atom. The van der Waals surface area contributed by atoms with E-state index in [4.69, 9.17) is 0 Å². The minimum atomic E-state index is 0.0792. The second-order valence-electron chi connectivity index (χ2n) is 7.77. The van der Waals surface area contributed by atoms with E-state index in [1.165, 1.54) is 25.9 Å². The Balaban J connectivity index is 1.55. The van der Waals surface area contributed by atoms with Gasteiger partial charge in [0.15, 0.2) is 0 Å². The maximum atomic E-state index is 12.5. The van der Waals surface area contributed by atoms with Gasteiger partial charge >= 0.3 is 0 Å². The molecule has 3 heterocycles. The minimum Gasteiger partial charge on any atom is -0.337 e. The largest absolute Gasteiger partial charge is 0.337 e. The van der Waals surface area contributed by atoms with Crippen LogP contribution in [0.3, 0.4) is 0 Å². The number of nitrogens with zero attached hydrogens (tertiary/aromatic N) is 4. The third-order valence-corrected chi connectivity index (χ3v) is 5.91. The Hall–Kier alpha value is -1.46. The van der Waals surface area contributed by atoms with Crippen LogP contribution in [0.1, 0.15) is 43.1 Å². The molecular weight excluding hydrogens is 312 g/mol. The minimum absolute atomic E-state index is 0.0792. The van der Waals surface area contributed by atoms with Gasteiger partial charge in [-0.2, -0.15) is 0 Å². The van der Waals surface area contributed by atoms with Crippen LogP contribution in [0.5, 0.6) is 0 Å². The summed E-state index contributed by atoms with van der Waals surface area (Å²) in [5, 5.41) is 0. The average molecular weight is 345 g/mol. The highest BCUT2D eigenvalue weighted by Gasteiger charge is 2.38. The number of amides is 1. The first-order chi connectivity index (χ1) is 12.1. The second-order valence-corrected chi connectivity index (χ2v) is 7.77. The summed E-state index contributed by atoms with van der Waals surface area (Å²) in [5.74, 6) is 0.865. The number of carbonyl (C=O) groups is 1. The summed E-state index contributed by atoms with van der Waals surface area (Å²) >= 11 is 0. The van der Waals surface area contributed by atoms with E-state index in [1.807, 2.05) is 23.1 Å². The molecule has 2 saturated heterocycles. The van der Waals surface area contributed by atoms with Crippen molar-refractivity contribution in [3.63, 3.8) is 0 Å². The van der Waals surface area contributed by atoms with Crippen molar-refractivity contribution in [3.05, 3.63) is 30.1 Å². The third-order valence-electron chi connectivity index (χ3n) is 5.91. The lowest BCUT2D eigenvalue weighted by Crippen LogP contribution is -2.46. The van der Waals surface area contributed by atoms with Crippen molar-refractivity contribution < 1.29 is 4.79 Å². The predicted molar refractivity (Wildman–Crippen MR) is 101 cm³/mol. The molecule has 2 aliphatic heterocycles. The maximum absolute atomic E-state index is 12.5. The van der Waals surface area contributed by atoms with E-state index < -0.39 is 0 Å². The molecule has 2 atom stereocenters. The molecule has 0 radical (unpaired) electrons. The van der Waals surface area contributed by atoms with Gasteiger partial charge in [0.1, 0.15) is 5.69 Å². The molecule has 0 spiro atoms. The molecule has 0 saturated carbocycles. The molecule has 0 bridgehead atoms. The van der Waals surface area contributed by atoms with Crippen molar-refractivity contribution in [2.45, 2.75) is 44.7 Å². The van der Waals surface area contributed by atoms with Crippen molar-refractivity contribution in [3.8, 4) is 0 Å². The summed E-state index contributed by atoms with van der Waals surface area (Å²) in [6, 6.07) is 6.84. The third kappa shape index (κ3) is 4.21. The van der Waals surface area contributed by atoms with Crippen LogP contribution in [0.4, 0.5) is 0 Å². The summed E-state index contributed by atoms with van der Waals surface area (Å²) in [4.78, 5) is 23.8. The molecule has 1 aromatic heterocycles. The van der Waals surface area contributed by atoms with Crippen LogP contribution < -0.4 is 0 Å². The number of aromatic nitrogens is 1. The van der Waals surface area contributed by atoms with E-state index in [9.17, 15) is 4.79 Å². The van der Waals surface area contributed by atoms with Gasteiger partial charge in [-0.3, -0.25) is 14.7 Å². The lowest BCUT2D eigenvalue weighted by atomic mass is 9.97. The summed E-state index contributed by atoms with van der Waals surface area (Å²) in [7, 11) is 4.43. The van der Waals surface area contributed by atoms with Gasteiger partial charge in [-0.05, 0) is 51.4 Å². The van der Waals surface area contributed by atoms with Gasteiger partial charge in [-0.1, -0.05) is 19.4 Å². The quantitative estimate of drug-likeness (QED) is 0.822. The number of carbonyl (C=O) groups excluding carboxylic acids is 1. The SMILES string of the molecule is CCC[C@@H]1CN(C2CCN(C(=O)c3ccccn3)CC2)C[C@H]1N(C)C. The van der Waals surface area contributed by atoms with E-state index in [0.29, 0.717) is 17.8 Å². The molecule has 2 aliphatic rings. The Morgan fingerprint density at radius 3 is 2.60 bits per heavy atom. The average Bonchev–Trinajstić information content (AvgIpc) is 3.07. The Kier molecular flexibility index (Phi) is 6.07. The first-order valence-corrected chi connectivity index (χ1v) is 9.71. The Labute approximate surface area is 152 Å². The van der Waals surface area contributed by atoms with Crippen LogP contribution in [0.15, 0.2) is 24.4 Å². The van der Waals surface area contributed by atoms with Crippen molar-refractivity contribution >= 4 is 5.91 Å². The van der Waals surface area contributed by atoms with E-state index in [0.717, 1.165) is 31.8 Å². The fraction of sp³-hybridized carbons (Fsp3) is 0.700. The molecule has 25 heavy (non-hydrogen) atoms. The first kappa shape index (κ1) is 18.3. The summed E-state index contributed by atoms with van der Waals surface area (Å²) in [6.45, 7) is 6.38. The molecule has 2 fully saturated rings. The molecule has 0 unspecified atom stereocenters. The molecule has 3 rings (SSSR count). The van der Waals surface area contributed by atoms with Crippen LogP contribution >= 0.6 is 0 Å². The zero-order chi connectivity index (χ0) is 17.8. The van der Waals surface area contributed by atoms with Gasteiger partial charge in [0.25, 0.3) is 5.91 Å². The van der Waals surface area contributed by atoms with Crippen molar-refractivity contribution in [2.24, 2.45) is 5.92 Å². The topological polar surface area (TPSA) is 39.7 Å². The zero-order valence-electron chi connectivity index (χ0n) is 15.9. The number of likely N-dealkylation sites (N-methyl/N-ethyl adjacent to an activating group) is 1. The van der Waals surface area contributed by atoms with Gasteiger partial charge in [0.2, 0.25) is 0 Å². The lowest BCUT2D eigenvalue weighted by Gasteiger charge is -2.37. The van der Waals surface area contributed by atoms with E-state index in [2.05, 4.69) is 35.8 Å². The highest BCUT2D eigenvalue weighted by atomic mass is 16.2. The Morgan fingerprint density at radius 1 is 1.24 bits per heavy atom. The van der Waals surface area contributed by atoms with E-state index in [-0.39, 0.29) is 5.91 Å². The van der Waals surface area contributed by atoms with Crippen LogP contribution in [0.25, 0.3) is 0 Å². The normalized spacial score (nSPS) is 25.7. The molecule has 0 aromatic carbocycles. The van der Waals surface area contributed by atoms with Crippen molar-refractivity contribution in [2.75, 3.05) is 40.3 Å². The van der Waals surface area contributed by atoms with Crippen LogP contribution in [-0.2, 0) is 0 Å². The summed E-state index contributed by atoms with van der Waals surface area (Å²) in [5.41, 5.74) is 0.567. The molecule has 1 aromatic rings. The number of hydrogen-bond acceptors (Lipinski definition) is 4. The number of likely N-dealkylation sites (tertiary alicyclic amines) is 2. The molecule has 5 heteroatoms. The van der Waals surface area contributed by atoms with Gasteiger partial charge in [-0.25, -0.2) is 0 Å². The van der Waals surface area contributed by atoms with Crippen LogP contribution in [-0.4, -0.2) is 77.9 Å². The molecule has 1 amide bonds. The molecule has 0 aliphatic carbocycles. The van der Waals surface area contributed by atoms with E-state index >= 15 is 0 Å². The monoisotopic (exact) mass is 344 g/mol. The summed E-state index contributed by atoms with van der Waals surface area (Å²) < 4.78 is 0. The fourth-order valence-corrected chi connectivity index (χ4v) is 4.51. The number of piperidine rings is 1. The highest BCUT2D eigenvalue weighted by molar-refractivity contribution is 5.92. The van der Waals surface area contributed by atoms with E-state index in [1.54, 1.807) is 6.20 Å². The molecule has 5 nitrogen and oxygen atoms in total. The zero-order valence-corrected chi connectivity index (χ0v) is 15.9. The van der Waals surface area contributed by atoms with Gasteiger partial charge < -0.3 is 9.80 Å². The standard InChI is InChI=1S/C20H32N4O/c1-4-7-16-14-24(15-19(16)22(2)3)17-9-12-23(13-10-17)20(25)18-8-5-6-11-21-18/h5-6,8,11,16-17,19H,4,7,9-10,12-15H2,1-3H3/t16-,19-/m1/s1. The number of rotatable bonds is 5. The summed E-state index contributed by atoms with van der Waals surface area (Å²) in [6.07, 6.45) is 6.44. The van der Waals surface area contributed by atoms with Gasteiger partial charge in [-0.15, -0.1) is 0 Å². The van der Waals surface area contributed by atoms with Crippen LogP contribution in [0, 0.1) is 5.92 Å². The van der Waals surface area contributed by atoms with Gasteiger partial charge in [0.05, 0.1) is 0 Å². The molecule has 0 N–H and O–H groups in total. The van der Waals surface area contributed by atoms with Crippen LogP contribution in [0.2, 0.25) is 0 Å². The maximum Gasteiger partial charge on any atom is 0.272 e. The van der Waals surface area contributed by atoms with Gasteiger partial charge in [0, 0.05) is 44.5 Å². The number of hydrogen-bond donors (Lipinski definition) is 0. The molecule has 138 valence electrons. The fourth-order valence-electron chi connectivity index (χ4n) is 4.51. The lowest BCUT2D eigenvalue weighted by molar-refractivity contribution is 0.0631. The Bertz CT molecular complexity index is 554. The molecular formula is C20H32N4O. The van der Waals surface area contributed by atoms with Crippen molar-refractivity contribution in [1.29, 1.82) is 0 Å². The predicted octanol–water partition coefficient (Wildman–Crippen LogP) is 2.35. The number of pyridine rings is 1.